The molecule has 0 bridgehead atoms. The van der Waals surface area contributed by atoms with Gasteiger partial charge in [-0.3, -0.25) is 0 Å². The summed E-state index contributed by atoms with van der Waals surface area (Å²) < 4.78 is 0. The van der Waals surface area contributed by atoms with Crippen LogP contribution in [0.1, 0.15) is 0 Å². The Kier molecular flexibility index (Phi) is 6.33. The van der Waals surface area contributed by atoms with Gasteiger partial charge < -0.3 is 0 Å². The number of fused-ring (bicyclic) bond motifs is 12. The lowest BCUT2D eigenvalue weighted by Crippen LogP contribution is -2.01. The van der Waals surface area contributed by atoms with Crippen LogP contribution in [0.4, 0.5) is 0 Å². The van der Waals surface area contributed by atoms with Gasteiger partial charge in [-0.15, -0.1) is 0 Å². The highest BCUT2D eigenvalue weighted by Crippen LogP contribution is 2.60. The molecule has 0 aliphatic carbocycles. The fourth-order valence-corrected chi connectivity index (χ4v) is 15.0. The Labute approximate surface area is 410 Å². The third-order valence-electron chi connectivity index (χ3n) is 17.5. The highest BCUT2D eigenvalue weighted by Gasteiger charge is 2.32. The van der Waals surface area contributed by atoms with Crippen molar-refractivity contribution >= 4 is 162 Å². The molecule has 0 aliphatic rings. The van der Waals surface area contributed by atoms with E-state index in [-0.39, 0.29) is 0 Å². The molecule has 0 N–H and O–H groups in total. The highest BCUT2D eigenvalue weighted by atomic mass is 14.7. The van der Waals surface area contributed by atoms with Crippen molar-refractivity contribution in [2.75, 3.05) is 0 Å². The van der Waals surface area contributed by atoms with Crippen molar-refractivity contribution in [1.29, 1.82) is 0 Å². The van der Waals surface area contributed by atoms with Crippen molar-refractivity contribution in [1.82, 2.24) is 4.98 Å². The van der Waals surface area contributed by atoms with Gasteiger partial charge in [0.15, 0.2) is 0 Å². The molecule has 1 heteroatoms. The molecule has 1 aromatic heterocycles. The first-order chi connectivity index (χ1) is 35.8. The van der Waals surface area contributed by atoms with Crippen LogP contribution in [0.2, 0.25) is 0 Å². The zero-order chi connectivity index (χ0) is 46.2. The summed E-state index contributed by atoms with van der Waals surface area (Å²) in [5, 5.41) is 38.4. The van der Waals surface area contributed by atoms with E-state index in [4.69, 9.17) is 4.98 Å². The molecule has 0 spiro atoms. The lowest BCUT2D eigenvalue weighted by atomic mass is 9.74. The van der Waals surface area contributed by atoms with Crippen LogP contribution in [-0.4, -0.2) is 4.98 Å². The van der Waals surface area contributed by atoms with Crippen LogP contribution < -0.4 is 0 Å². The van der Waals surface area contributed by atoms with E-state index in [0.29, 0.717) is 0 Å². The second-order valence-corrected chi connectivity index (χ2v) is 20.6. The third-order valence-corrected chi connectivity index (χ3v) is 17.5. The van der Waals surface area contributed by atoms with Crippen LogP contribution in [0.3, 0.4) is 0 Å². The van der Waals surface area contributed by atoms with Crippen molar-refractivity contribution in [3.8, 4) is 33.5 Å². The second-order valence-electron chi connectivity index (χ2n) is 20.6. The molecule has 0 radical (unpaired) electrons. The minimum Gasteiger partial charge on any atom is -0.247 e. The summed E-state index contributed by atoms with van der Waals surface area (Å²) in [7, 11) is 0. The Hall–Kier alpha value is -9.43. The molecule has 1 heterocycles. The Morgan fingerprint density at radius 3 is 1.00 bits per heavy atom. The van der Waals surface area contributed by atoms with Gasteiger partial charge in [-0.2, -0.15) is 0 Å². The predicted molar refractivity (Wildman–Crippen MR) is 310 cm³/mol. The molecule has 324 valence electrons. The molecule has 19 aromatic rings. The van der Waals surface area contributed by atoms with Gasteiger partial charge in [0.1, 0.15) is 0 Å². The summed E-state index contributed by atoms with van der Waals surface area (Å²) in [5.41, 5.74) is 7.97. The molecule has 0 fully saturated rings. The number of benzene rings is 18. The molecule has 0 atom stereocenters. The van der Waals surface area contributed by atoms with Crippen LogP contribution in [0.25, 0.3) is 195 Å². The van der Waals surface area contributed by atoms with E-state index in [1.165, 1.54) is 178 Å². The largest absolute Gasteiger partial charge is 0.247 e. The van der Waals surface area contributed by atoms with Gasteiger partial charge >= 0.3 is 0 Å². The summed E-state index contributed by atoms with van der Waals surface area (Å²) in [5.74, 6) is 0. The maximum absolute atomic E-state index is 6.17. The summed E-state index contributed by atoms with van der Waals surface area (Å²) in [6, 6.07) is 80.5. The summed E-state index contributed by atoms with van der Waals surface area (Å²) in [6.07, 6.45) is 0. The van der Waals surface area contributed by atoms with Gasteiger partial charge in [0.2, 0.25) is 0 Å². The van der Waals surface area contributed by atoms with Crippen molar-refractivity contribution in [3.63, 3.8) is 0 Å². The average molecular weight is 902 g/mol. The fraction of sp³-hybridized carbons (Fsp3) is 0. The second kappa shape index (κ2) is 12.5. The van der Waals surface area contributed by atoms with Crippen molar-refractivity contribution in [2.45, 2.75) is 0 Å². The van der Waals surface area contributed by atoms with Gasteiger partial charge in [0, 0.05) is 37.9 Å². The molecule has 0 aliphatic heterocycles. The predicted octanol–water partition coefficient (Wildman–Crippen LogP) is 20.0. The van der Waals surface area contributed by atoms with Gasteiger partial charge in [0.25, 0.3) is 0 Å². The zero-order valence-electron chi connectivity index (χ0n) is 38.7. The summed E-state index contributed by atoms with van der Waals surface area (Å²) in [4.78, 5) is 6.17. The van der Waals surface area contributed by atoms with Gasteiger partial charge in [-0.05, 0) is 158 Å². The zero-order valence-corrected chi connectivity index (χ0v) is 38.7. The number of nitrogens with zero attached hydrogens (tertiary/aromatic N) is 1. The first-order valence-corrected chi connectivity index (χ1v) is 25.3. The fourth-order valence-electron chi connectivity index (χ4n) is 15.0. The minimum absolute atomic E-state index is 0.982. The molecule has 0 saturated heterocycles. The molecule has 18 aromatic carbocycles. The smallest absolute Gasteiger partial charge is 0.0801 e. The first kappa shape index (κ1) is 36.5. The SMILES string of the molecule is c1ccc(-c2cc(-c3cc4c5cccc6c7cccc8c9cccc%10c%11cccc%12c%13cccc%14c(n3)c4c3c(c65)c(c87)c(c9%10)c(c%11%12)c3c%13%14)c(-c3ccccc3)c3c4ccccc4c4ccccc4c23)cc1. The number of pyridine rings is 1. The molecule has 0 unspecified atom stereocenters. The van der Waals surface area contributed by atoms with Crippen LogP contribution in [0, 0.1) is 0 Å². The van der Waals surface area contributed by atoms with Crippen LogP contribution in [0.15, 0.2) is 212 Å². The number of hydrogen-bond donors (Lipinski definition) is 0. The van der Waals surface area contributed by atoms with Crippen LogP contribution in [0.5, 0.6) is 0 Å². The minimum atomic E-state index is 0.982. The quantitative estimate of drug-likeness (QED) is 0.127. The number of aromatic nitrogens is 1. The summed E-state index contributed by atoms with van der Waals surface area (Å²) >= 11 is 0. The maximum atomic E-state index is 6.17. The van der Waals surface area contributed by atoms with Gasteiger partial charge in [0.05, 0.1) is 11.2 Å². The van der Waals surface area contributed by atoms with Gasteiger partial charge in [-0.1, -0.05) is 200 Å². The van der Waals surface area contributed by atoms with E-state index < -0.39 is 0 Å². The summed E-state index contributed by atoms with van der Waals surface area (Å²) in [6.45, 7) is 0. The van der Waals surface area contributed by atoms with Crippen molar-refractivity contribution in [2.24, 2.45) is 0 Å². The van der Waals surface area contributed by atoms with Crippen molar-refractivity contribution < 1.29 is 0 Å². The molecular weight excluding hydrogens is 867 g/mol. The molecule has 0 saturated carbocycles. The molecule has 19 rings (SSSR count). The van der Waals surface area contributed by atoms with E-state index >= 15 is 0 Å². The highest BCUT2D eigenvalue weighted by molar-refractivity contribution is 6.61. The normalized spacial score (nSPS) is 13.0. The van der Waals surface area contributed by atoms with E-state index in [1.807, 2.05) is 0 Å². The monoisotopic (exact) mass is 901 g/mol. The third kappa shape index (κ3) is 4.04. The van der Waals surface area contributed by atoms with E-state index in [0.717, 1.165) is 16.8 Å². The molecule has 72 heavy (non-hydrogen) atoms. The molecule has 0 amide bonds. The standard InChI is InChI=1S/C71H35N/c1-3-16-36(17-4-1)52-34-54(56(37-18-5-2-6-19-37)63-41-23-10-8-21-39(41)38-20-7-9-22-40(38)62(52)63)55-35-53-50-32-14-30-47-46-28-12-26-44-42-24-11-25-43-45-27-13-29-48-49-31-15-33-51-61(49)69-67(59(45)48)65(57(42)43)66(58(44)46)68(60(47)50)70(69)64(53)71(51)72-55/h1-35H. The Balaban J connectivity index is 1.11. The van der Waals surface area contributed by atoms with Gasteiger partial charge in [-0.25, -0.2) is 4.98 Å². The lowest BCUT2D eigenvalue weighted by molar-refractivity contribution is 1.43. The molecule has 1 nitrogen and oxygen atoms in total. The topological polar surface area (TPSA) is 12.9 Å². The van der Waals surface area contributed by atoms with Crippen molar-refractivity contribution in [3.05, 3.63) is 212 Å². The van der Waals surface area contributed by atoms with E-state index in [1.54, 1.807) is 0 Å². The average Bonchev–Trinajstić information content (AvgIpc) is 3.47. The first-order valence-electron chi connectivity index (χ1n) is 25.3. The maximum Gasteiger partial charge on any atom is 0.0801 e. The van der Waals surface area contributed by atoms with Crippen LogP contribution in [-0.2, 0) is 0 Å². The number of rotatable bonds is 3. The molecular formula is C71H35N. The van der Waals surface area contributed by atoms with E-state index in [2.05, 4.69) is 212 Å². The lowest BCUT2D eigenvalue weighted by Gasteiger charge is -2.29. The Morgan fingerprint density at radius 2 is 0.528 bits per heavy atom. The Morgan fingerprint density at radius 1 is 0.194 bits per heavy atom. The Bertz CT molecular complexity index is 5320. The number of hydrogen-bond acceptors (Lipinski definition) is 1. The van der Waals surface area contributed by atoms with Crippen LogP contribution >= 0.6 is 0 Å². The van der Waals surface area contributed by atoms with E-state index in [9.17, 15) is 0 Å².